The van der Waals surface area contributed by atoms with E-state index >= 15 is 0 Å². The van der Waals surface area contributed by atoms with Crippen molar-refractivity contribution in [2.75, 3.05) is 26.7 Å². The van der Waals surface area contributed by atoms with Crippen molar-refractivity contribution in [3.05, 3.63) is 35.9 Å². The minimum atomic E-state index is -0.0441. The Morgan fingerprint density at radius 3 is 2.78 bits per heavy atom. The van der Waals surface area contributed by atoms with Gasteiger partial charge in [-0.1, -0.05) is 30.3 Å². The van der Waals surface area contributed by atoms with Crippen LogP contribution in [0.25, 0.3) is 0 Å². The number of likely N-dealkylation sites (N-methyl/N-ethyl adjacent to an activating group) is 1. The summed E-state index contributed by atoms with van der Waals surface area (Å²) in [6, 6.07) is 10.4. The number of rotatable bonds is 5. The third kappa shape index (κ3) is 3.55. The van der Waals surface area contributed by atoms with Crippen molar-refractivity contribution in [1.82, 2.24) is 4.90 Å². The summed E-state index contributed by atoms with van der Waals surface area (Å²) >= 11 is 0. The zero-order valence-corrected chi connectivity index (χ0v) is 11.3. The van der Waals surface area contributed by atoms with Gasteiger partial charge in [-0.2, -0.15) is 0 Å². The molecule has 3 heteroatoms. The molecule has 2 rings (SSSR count). The zero-order valence-electron chi connectivity index (χ0n) is 11.3. The number of nitrogens with two attached hydrogens (primary N) is 1. The van der Waals surface area contributed by atoms with E-state index in [-0.39, 0.29) is 5.60 Å². The van der Waals surface area contributed by atoms with Gasteiger partial charge in [-0.3, -0.25) is 0 Å². The molecule has 0 radical (unpaired) electrons. The van der Waals surface area contributed by atoms with Crippen LogP contribution in [0.5, 0.6) is 0 Å². The first-order chi connectivity index (χ1) is 8.74. The van der Waals surface area contributed by atoms with Crippen molar-refractivity contribution in [3.63, 3.8) is 0 Å². The minimum absolute atomic E-state index is 0.0441. The van der Waals surface area contributed by atoms with Crippen LogP contribution in [0.15, 0.2) is 30.3 Å². The molecule has 0 spiro atoms. The molecule has 0 saturated carbocycles. The van der Waals surface area contributed by atoms with Crippen molar-refractivity contribution in [1.29, 1.82) is 0 Å². The molecule has 0 aromatic heterocycles. The second-order valence-corrected chi connectivity index (χ2v) is 5.34. The molecule has 1 aromatic rings. The lowest BCUT2D eigenvalue weighted by atomic mass is 9.89. The van der Waals surface area contributed by atoms with E-state index in [9.17, 15) is 0 Å². The van der Waals surface area contributed by atoms with Crippen LogP contribution >= 0.6 is 0 Å². The second-order valence-electron chi connectivity index (χ2n) is 5.34. The number of piperidine rings is 1. The van der Waals surface area contributed by atoms with Crippen molar-refractivity contribution in [2.45, 2.75) is 31.5 Å². The van der Waals surface area contributed by atoms with Crippen LogP contribution < -0.4 is 5.73 Å². The first-order valence-electron chi connectivity index (χ1n) is 6.81. The quantitative estimate of drug-likeness (QED) is 0.866. The highest BCUT2D eigenvalue weighted by molar-refractivity contribution is 5.13. The smallest absolute Gasteiger partial charge is 0.0825 e. The van der Waals surface area contributed by atoms with Gasteiger partial charge in [0.05, 0.1) is 12.2 Å². The van der Waals surface area contributed by atoms with Crippen LogP contribution in [0.3, 0.4) is 0 Å². The lowest BCUT2D eigenvalue weighted by Crippen LogP contribution is -2.49. The van der Waals surface area contributed by atoms with Crippen molar-refractivity contribution >= 4 is 0 Å². The Hall–Kier alpha value is -0.900. The Morgan fingerprint density at radius 1 is 1.33 bits per heavy atom. The van der Waals surface area contributed by atoms with E-state index < -0.39 is 0 Å². The molecule has 1 aliphatic rings. The fourth-order valence-electron chi connectivity index (χ4n) is 2.79. The highest BCUT2D eigenvalue weighted by atomic mass is 16.5. The molecule has 1 fully saturated rings. The number of hydrogen-bond acceptors (Lipinski definition) is 3. The van der Waals surface area contributed by atoms with E-state index in [2.05, 4.69) is 36.2 Å². The predicted molar refractivity (Wildman–Crippen MR) is 74.4 cm³/mol. The molecule has 1 atom stereocenters. The number of benzene rings is 1. The maximum absolute atomic E-state index is 6.25. The molecule has 1 unspecified atom stereocenters. The van der Waals surface area contributed by atoms with Gasteiger partial charge in [0, 0.05) is 6.54 Å². The van der Waals surface area contributed by atoms with E-state index in [0.717, 1.165) is 19.4 Å². The third-order valence-corrected chi connectivity index (χ3v) is 3.72. The standard InChI is InChI=1S/C15H24N2O/c1-17-11-5-8-15(13-17,9-10-16)18-12-14-6-3-2-4-7-14/h2-4,6-7H,5,8-13,16H2,1H3. The summed E-state index contributed by atoms with van der Waals surface area (Å²) in [5, 5.41) is 0. The SMILES string of the molecule is CN1CCCC(CCN)(OCc2ccccc2)C1. The Bertz CT molecular complexity index is 351. The number of hydrogen-bond donors (Lipinski definition) is 1. The largest absolute Gasteiger partial charge is 0.369 e. The summed E-state index contributed by atoms with van der Waals surface area (Å²) in [6.07, 6.45) is 3.27. The van der Waals surface area contributed by atoms with E-state index in [1.54, 1.807) is 0 Å². The molecular weight excluding hydrogens is 224 g/mol. The topological polar surface area (TPSA) is 38.5 Å². The third-order valence-electron chi connectivity index (χ3n) is 3.72. The van der Waals surface area contributed by atoms with E-state index in [1.807, 2.05) is 6.07 Å². The molecule has 1 heterocycles. The minimum Gasteiger partial charge on any atom is -0.369 e. The second kappa shape index (κ2) is 6.32. The van der Waals surface area contributed by atoms with Gasteiger partial charge in [0.15, 0.2) is 0 Å². The lowest BCUT2D eigenvalue weighted by molar-refractivity contribution is -0.0982. The first-order valence-corrected chi connectivity index (χ1v) is 6.81. The van der Waals surface area contributed by atoms with Gasteiger partial charge < -0.3 is 15.4 Å². The fraction of sp³-hybridized carbons (Fsp3) is 0.600. The molecule has 1 aliphatic heterocycles. The van der Waals surface area contributed by atoms with Gasteiger partial charge in [0.2, 0.25) is 0 Å². The molecule has 1 saturated heterocycles. The van der Waals surface area contributed by atoms with Crippen LogP contribution in [-0.2, 0) is 11.3 Å². The summed E-state index contributed by atoms with van der Waals surface area (Å²) in [5.41, 5.74) is 6.95. The van der Waals surface area contributed by atoms with Crippen molar-refractivity contribution in [2.24, 2.45) is 5.73 Å². The summed E-state index contributed by atoms with van der Waals surface area (Å²) in [6.45, 7) is 3.55. The average molecular weight is 248 g/mol. The van der Waals surface area contributed by atoms with E-state index in [4.69, 9.17) is 10.5 Å². The molecule has 18 heavy (non-hydrogen) atoms. The Balaban J connectivity index is 1.97. The molecule has 0 bridgehead atoms. The van der Waals surface area contributed by atoms with Crippen molar-refractivity contribution < 1.29 is 4.74 Å². The molecule has 3 nitrogen and oxygen atoms in total. The maximum Gasteiger partial charge on any atom is 0.0825 e. The van der Waals surface area contributed by atoms with Crippen LogP contribution in [0.2, 0.25) is 0 Å². The Labute approximate surface area is 110 Å². The molecule has 2 N–H and O–H groups in total. The molecule has 0 amide bonds. The van der Waals surface area contributed by atoms with Gasteiger partial charge in [0.1, 0.15) is 0 Å². The molecule has 100 valence electrons. The molecule has 1 aromatic carbocycles. The maximum atomic E-state index is 6.25. The van der Waals surface area contributed by atoms with Gasteiger partial charge in [-0.05, 0) is 45.0 Å². The summed E-state index contributed by atoms with van der Waals surface area (Å²) in [7, 11) is 2.16. The van der Waals surface area contributed by atoms with Gasteiger partial charge >= 0.3 is 0 Å². The molecule has 0 aliphatic carbocycles. The van der Waals surface area contributed by atoms with Gasteiger partial charge in [-0.25, -0.2) is 0 Å². The monoisotopic (exact) mass is 248 g/mol. The Kier molecular flexibility index (Phi) is 4.75. The van der Waals surface area contributed by atoms with Gasteiger partial charge in [0.25, 0.3) is 0 Å². The van der Waals surface area contributed by atoms with Gasteiger partial charge in [-0.15, -0.1) is 0 Å². The van der Waals surface area contributed by atoms with Crippen LogP contribution in [0, 0.1) is 0 Å². The molecular formula is C15H24N2O. The number of nitrogens with zero attached hydrogens (tertiary/aromatic N) is 1. The highest BCUT2D eigenvalue weighted by Crippen LogP contribution is 2.28. The predicted octanol–water partition coefficient (Wildman–Crippen LogP) is 2.02. The summed E-state index contributed by atoms with van der Waals surface area (Å²) < 4.78 is 6.25. The number of ether oxygens (including phenoxy) is 1. The average Bonchev–Trinajstić information content (AvgIpc) is 2.38. The summed E-state index contributed by atoms with van der Waals surface area (Å²) in [5.74, 6) is 0. The van der Waals surface area contributed by atoms with E-state index in [1.165, 1.54) is 18.5 Å². The Morgan fingerprint density at radius 2 is 2.11 bits per heavy atom. The summed E-state index contributed by atoms with van der Waals surface area (Å²) in [4.78, 5) is 2.35. The normalized spacial score (nSPS) is 25.2. The highest BCUT2D eigenvalue weighted by Gasteiger charge is 2.34. The van der Waals surface area contributed by atoms with Crippen LogP contribution in [0.4, 0.5) is 0 Å². The van der Waals surface area contributed by atoms with E-state index in [0.29, 0.717) is 13.2 Å². The number of likely N-dealkylation sites (tertiary alicyclic amines) is 1. The van der Waals surface area contributed by atoms with Crippen molar-refractivity contribution in [3.8, 4) is 0 Å². The zero-order chi connectivity index (χ0) is 12.8. The van der Waals surface area contributed by atoms with Crippen LogP contribution in [-0.4, -0.2) is 37.2 Å². The lowest BCUT2D eigenvalue weighted by Gasteiger charge is -2.41. The van der Waals surface area contributed by atoms with Crippen LogP contribution in [0.1, 0.15) is 24.8 Å². The fourth-order valence-corrected chi connectivity index (χ4v) is 2.79. The first kappa shape index (κ1) is 13.5.